The van der Waals surface area contributed by atoms with Crippen LogP contribution in [0.15, 0.2) is 11.1 Å². The first-order chi connectivity index (χ1) is 15.4. The Bertz CT molecular complexity index is 786. The highest BCUT2D eigenvalue weighted by atomic mass is 16.5. The van der Waals surface area contributed by atoms with E-state index in [0.717, 1.165) is 57.3 Å². The number of aliphatic hydroxyl groups excluding tert-OH is 1. The van der Waals surface area contributed by atoms with Gasteiger partial charge >= 0.3 is 5.97 Å². The largest absolute Gasteiger partial charge is 0.463 e. The second kappa shape index (κ2) is 8.97. The molecular formula is C29H48O4. The third-order valence-corrected chi connectivity index (χ3v) is 10.7. The molecular weight excluding hydrogens is 412 g/mol. The molecule has 4 nitrogen and oxygen atoms in total. The molecule has 3 fully saturated rings. The number of fused-ring (bicyclic) bond motifs is 4. The second-order valence-corrected chi connectivity index (χ2v) is 13.0. The summed E-state index contributed by atoms with van der Waals surface area (Å²) in [7, 11) is 0. The summed E-state index contributed by atoms with van der Waals surface area (Å²) >= 11 is 0. The highest BCUT2D eigenvalue weighted by Gasteiger charge is 2.64. The van der Waals surface area contributed by atoms with E-state index in [1.54, 1.807) is 0 Å². The van der Waals surface area contributed by atoms with Crippen LogP contribution in [0.2, 0.25) is 0 Å². The fourth-order valence-electron chi connectivity index (χ4n) is 8.76. The number of hydrogen-bond donors (Lipinski definition) is 2. The van der Waals surface area contributed by atoms with Gasteiger partial charge in [-0.3, -0.25) is 4.79 Å². The molecule has 33 heavy (non-hydrogen) atoms. The van der Waals surface area contributed by atoms with Crippen molar-refractivity contribution in [3.05, 3.63) is 11.1 Å². The third kappa shape index (κ3) is 4.11. The molecule has 8 atom stereocenters. The van der Waals surface area contributed by atoms with Gasteiger partial charge in [0.2, 0.25) is 0 Å². The van der Waals surface area contributed by atoms with Crippen molar-refractivity contribution in [2.24, 2.45) is 34.5 Å². The van der Waals surface area contributed by atoms with Gasteiger partial charge in [-0.05, 0) is 91.6 Å². The van der Waals surface area contributed by atoms with E-state index >= 15 is 0 Å². The summed E-state index contributed by atoms with van der Waals surface area (Å²) in [6, 6.07) is 0. The maximum atomic E-state index is 12.3. The lowest BCUT2D eigenvalue weighted by Crippen LogP contribution is -2.60. The number of aliphatic hydroxyl groups is 2. The summed E-state index contributed by atoms with van der Waals surface area (Å²) in [5, 5.41) is 23.7. The van der Waals surface area contributed by atoms with Crippen LogP contribution < -0.4 is 0 Å². The Balaban J connectivity index is 1.60. The average Bonchev–Trinajstić information content (AvgIpc) is 2.99. The summed E-state index contributed by atoms with van der Waals surface area (Å²) < 4.78 is 5.57. The van der Waals surface area contributed by atoms with Gasteiger partial charge in [-0.15, -0.1) is 0 Å². The molecule has 0 spiro atoms. The van der Waals surface area contributed by atoms with E-state index in [4.69, 9.17) is 4.74 Å². The van der Waals surface area contributed by atoms with Crippen LogP contribution in [-0.4, -0.2) is 34.0 Å². The molecule has 0 aromatic rings. The molecule has 4 aliphatic rings. The van der Waals surface area contributed by atoms with Crippen molar-refractivity contribution >= 4 is 5.97 Å². The van der Waals surface area contributed by atoms with Crippen molar-refractivity contribution in [2.75, 3.05) is 0 Å². The zero-order valence-corrected chi connectivity index (χ0v) is 22.0. The van der Waals surface area contributed by atoms with E-state index in [1.807, 2.05) is 0 Å². The summed E-state index contributed by atoms with van der Waals surface area (Å²) in [5.41, 5.74) is 1.37. The van der Waals surface area contributed by atoms with E-state index in [0.29, 0.717) is 17.8 Å². The highest BCUT2D eigenvalue weighted by molar-refractivity contribution is 5.66. The molecule has 4 heteroatoms. The third-order valence-electron chi connectivity index (χ3n) is 10.7. The van der Waals surface area contributed by atoms with Crippen LogP contribution in [0.1, 0.15) is 112 Å². The standard InChI is InChI=1S/C29H48O4/c1-18(2)8-7-9-19(3)24-17-25(31)26-23-11-10-21-16-22(33-20(4)30)12-13-28(21,6)29(23,32)15-14-27(24,26)5/h18-19,21-22,24-25,31-32H,7-17H2,1-6H3/t19-,21?,22+,24-,25-,27-,28+,29-/m1/s1. The molecule has 0 bridgehead atoms. The molecule has 188 valence electrons. The molecule has 2 N–H and O–H groups in total. The maximum absolute atomic E-state index is 12.3. The number of hydrogen-bond acceptors (Lipinski definition) is 4. The van der Waals surface area contributed by atoms with E-state index in [2.05, 4.69) is 34.6 Å². The van der Waals surface area contributed by atoms with Gasteiger partial charge in [0, 0.05) is 12.3 Å². The van der Waals surface area contributed by atoms with Gasteiger partial charge in [0.05, 0.1) is 11.7 Å². The molecule has 0 aromatic carbocycles. The molecule has 3 saturated carbocycles. The van der Waals surface area contributed by atoms with Gasteiger partial charge in [-0.25, -0.2) is 0 Å². The van der Waals surface area contributed by atoms with Crippen molar-refractivity contribution < 1.29 is 19.7 Å². The first-order valence-corrected chi connectivity index (χ1v) is 13.7. The lowest BCUT2D eigenvalue weighted by atomic mass is 9.46. The lowest BCUT2D eigenvalue weighted by Gasteiger charge is -2.61. The van der Waals surface area contributed by atoms with E-state index < -0.39 is 11.7 Å². The van der Waals surface area contributed by atoms with Gasteiger partial charge in [0.1, 0.15) is 6.10 Å². The van der Waals surface area contributed by atoms with Crippen LogP contribution in [0.5, 0.6) is 0 Å². The Kier molecular flexibility index (Phi) is 6.86. The predicted octanol–water partition coefficient (Wildman–Crippen LogP) is 6.19. The predicted molar refractivity (Wildman–Crippen MR) is 132 cm³/mol. The minimum Gasteiger partial charge on any atom is -0.463 e. The SMILES string of the molecule is CC(=O)O[C@H]1CC[C@@]2(C)C(CCC3=C4[C@H](O)C[C@H]([C@H](C)CCCC(C)C)[C@@]4(C)CC[C@@]32O)C1. The second-order valence-electron chi connectivity index (χ2n) is 13.0. The van der Waals surface area contributed by atoms with Crippen molar-refractivity contribution in [3.63, 3.8) is 0 Å². The Morgan fingerprint density at radius 3 is 2.48 bits per heavy atom. The van der Waals surface area contributed by atoms with Crippen LogP contribution in [0.25, 0.3) is 0 Å². The first kappa shape index (κ1) is 25.2. The van der Waals surface area contributed by atoms with Crippen LogP contribution in [0.3, 0.4) is 0 Å². The van der Waals surface area contributed by atoms with Crippen molar-refractivity contribution in [1.82, 2.24) is 0 Å². The maximum Gasteiger partial charge on any atom is 0.302 e. The van der Waals surface area contributed by atoms with Gasteiger partial charge < -0.3 is 14.9 Å². The Morgan fingerprint density at radius 1 is 1.09 bits per heavy atom. The fraction of sp³-hybridized carbons (Fsp3) is 0.897. The van der Waals surface area contributed by atoms with Gasteiger partial charge in [0.25, 0.3) is 0 Å². The zero-order chi connectivity index (χ0) is 24.2. The Morgan fingerprint density at radius 2 is 1.82 bits per heavy atom. The van der Waals surface area contributed by atoms with Gasteiger partial charge in [0.15, 0.2) is 0 Å². The molecule has 1 unspecified atom stereocenters. The van der Waals surface area contributed by atoms with E-state index in [1.165, 1.54) is 37.3 Å². The summed E-state index contributed by atoms with van der Waals surface area (Å²) in [6.07, 6.45) is 10.4. The number of rotatable bonds is 6. The quantitative estimate of drug-likeness (QED) is 0.366. The molecule has 0 aliphatic heterocycles. The summed E-state index contributed by atoms with van der Waals surface area (Å²) in [5.74, 6) is 2.00. The van der Waals surface area contributed by atoms with Gasteiger partial charge in [-0.2, -0.15) is 0 Å². The minimum atomic E-state index is -0.831. The minimum absolute atomic E-state index is 0.0103. The molecule has 0 radical (unpaired) electrons. The van der Waals surface area contributed by atoms with Crippen LogP contribution in [0, 0.1) is 34.5 Å². The van der Waals surface area contributed by atoms with Crippen molar-refractivity contribution in [1.29, 1.82) is 0 Å². The monoisotopic (exact) mass is 460 g/mol. The lowest BCUT2D eigenvalue weighted by molar-refractivity contribution is -0.168. The van der Waals surface area contributed by atoms with E-state index in [-0.39, 0.29) is 22.9 Å². The fourth-order valence-corrected chi connectivity index (χ4v) is 8.76. The normalized spacial score (nSPS) is 43.7. The number of esters is 1. The average molecular weight is 461 g/mol. The van der Waals surface area contributed by atoms with Crippen LogP contribution in [0.4, 0.5) is 0 Å². The summed E-state index contributed by atoms with van der Waals surface area (Å²) in [4.78, 5) is 11.5. The molecule has 4 aliphatic carbocycles. The van der Waals surface area contributed by atoms with Crippen LogP contribution >= 0.6 is 0 Å². The highest BCUT2D eigenvalue weighted by Crippen LogP contribution is 2.67. The number of carbonyl (C=O) groups is 1. The van der Waals surface area contributed by atoms with Crippen molar-refractivity contribution in [2.45, 2.75) is 130 Å². The van der Waals surface area contributed by atoms with Crippen molar-refractivity contribution in [3.8, 4) is 0 Å². The molecule has 0 saturated heterocycles. The molecule has 0 aromatic heterocycles. The molecule has 4 rings (SSSR count). The van der Waals surface area contributed by atoms with E-state index in [9.17, 15) is 15.0 Å². The molecule has 0 heterocycles. The molecule has 0 amide bonds. The zero-order valence-electron chi connectivity index (χ0n) is 22.0. The Labute approximate surface area is 201 Å². The first-order valence-electron chi connectivity index (χ1n) is 13.7. The number of carbonyl (C=O) groups excluding carboxylic acids is 1. The topological polar surface area (TPSA) is 66.8 Å². The Hall–Kier alpha value is -0.870. The smallest absolute Gasteiger partial charge is 0.302 e. The number of ether oxygens (including phenoxy) is 1. The van der Waals surface area contributed by atoms with Crippen LogP contribution in [-0.2, 0) is 9.53 Å². The van der Waals surface area contributed by atoms with Gasteiger partial charge in [-0.1, -0.05) is 53.9 Å². The summed E-state index contributed by atoms with van der Waals surface area (Å²) in [6.45, 7) is 13.2.